The van der Waals surface area contributed by atoms with Crippen LogP contribution in [0.15, 0.2) is 54.3 Å². The number of nitrogens with zero attached hydrogens (tertiary/aromatic N) is 1. The van der Waals surface area contributed by atoms with Crippen LogP contribution in [0.2, 0.25) is 0 Å². The Morgan fingerprint density at radius 3 is 2.76 bits per heavy atom. The van der Waals surface area contributed by atoms with Gasteiger partial charge in [-0.3, -0.25) is 4.90 Å². The summed E-state index contributed by atoms with van der Waals surface area (Å²) in [6, 6.07) is 17.0. The Kier molecular flexibility index (Phi) is 7.93. The van der Waals surface area contributed by atoms with Crippen LogP contribution >= 0.6 is 0 Å². The molecule has 1 saturated heterocycles. The quantitative estimate of drug-likeness (QED) is 0.413. The van der Waals surface area contributed by atoms with Gasteiger partial charge >= 0.3 is 0 Å². The van der Waals surface area contributed by atoms with E-state index in [0.29, 0.717) is 31.1 Å². The monoisotopic (exact) mass is 524 g/mol. The lowest BCUT2D eigenvalue weighted by Crippen LogP contribution is -2.48. The van der Waals surface area contributed by atoms with E-state index in [1.165, 1.54) is 11.1 Å². The molecule has 0 radical (unpaired) electrons. The molecule has 7 heteroatoms. The Morgan fingerprint density at radius 1 is 1.16 bits per heavy atom. The number of sulfonamides is 1. The van der Waals surface area contributed by atoms with E-state index in [1.807, 2.05) is 13.0 Å². The van der Waals surface area contributed by atoms with E-state index in [4.69, 9.17) is 4.74 Å². The zero-order valence-electron chi connectivity index (χ0n) is 22.0. The second-order valence-corrected chi connectivity index (χ2v) is 12.8. The Balaban J connectivity index is 1.34. The molecule has 2 heterocycles. The summed E-state index contributed by atoms with van der Waals surface area (Å²) in [4.78, 5) is 2.47. The number of hydrogen-bond acceptors (Lipinski definition) is 5. The first-order valence-electron chi connectivity index (χ1n) is 13.9. The third kappa shape index (κ3) is 5.89. The molecular formula is C30H40N2O4S. The Hall–Kier alpha value is -2.35. The zero-order chi connectivity index (χ0) is 26.0. The second kappa shape index (κ2) is 11.2. The van der Waals surface area contributed by atoms with Gasteiger partial charge in [0.05, 0.1) is 17.6 Å². The molecule has 2 aromatic carbocycles. The second-order valence-electron chi connectivity index (χ2n) is 10.9. The molecule has 0 bridgehead atoms. The fourth-order valence-electron chi connectivity index (χ4n) is 6.47. The van der Waals surface area contributed by atoms with Gasteiger partial charge in [0.2, 0.25) is 10.0 Å². The number of aryl methyl sites for hydroxylation is 1. The molecule has 0 aromatic heterocycles. The van der Waals surface area contributed by atoms with Crippen molar-refractivity contribution in [1.82, 2.24) is 9.62 Å². The summed E-state index contributed by atoms with van der Waals surface area (Å²) >= 11 is 0. The summed E-state index contributed by atoms with van der Waals surface area (Å²) in [6.07, 6.45) is 6.95. The highest BCUT2D eigenvalue weighted by Crippen LogP contribution is 2.50. The summed E-state index contributed by atoms with van der Waals surface area (Å²) in [5.74, 6) is 1.26. The number of benzene rings is 2. The summed E-state index contributed by atoms with van der Waals surface area (Å²) in [7, 11) is -3.34. The van der Waals surface area contributed by atoms with Crippen molar-refractivity contribution < 1.29 is 18.3 Å². The Morgan fingerprint density at radius 2 is 1.97 bits per heavy atom. The van der Waals surface area contributed by atoms with Crippen LogP contribution in [0, 0.1) is 0 Å². The average Bonchev–Trinajstić information content (AvgIpc) is 3.34. The van der Waals surface area contributed by atoms with Crippen molar-refractivity contribution in [3.05, 3.63) is 71.0 Å². The number of fused-ring (bicyclic) bond motifs is 6. The molecule has 1 aliphatic carbocycles. The maximum absolute atomic E-state index is 12.5. The van der Waals surface area contributed by atoms with Crippen molar-refractivity contribution >= 4 is 15.6 Å². The van der Waals surface area contributed by atoms with Crippen molar-refractivity contribution in [2.75, 3.05) is 12.3 Å². The number of hydrogen-bond donors (Lipinski definition) is 2. The minimum absolute atomic E-state index is 0.0154. The van der Waals surface area contributed by atoms with Crippen molar-refractivity contribution in [1.29, 1.82) is 0 Å². The van der Waals surface area contributed by atoms with Crippen LogP contribution < -0.4 is 9.46 Å². The smallest absolute Gasteiger partial charge is 0.211 e. The van der Waals surface area contributed by atoms with Crippen LogP contribution in [-0.2, 0) is 16.4 Å². The number of ether oxygens (including phenoxy) is 1. The highest BCUT2D eigenvalue weighted by atomic mass is 32.2. The SMILES string of the molecule is CCCS(=O)(=O)NC1CC(O)=C2c3cc(OC(C)CCCc4ccccc4)ccc3C3CCCN3C2C1. The third-order valence-corrected chi connectivity index (χ3v) is 9.67. The van der Waals surface area contributed by atoms with Gasteiger partial charge in [0.25, 0.3) is 0 Å². The minimum Gasteiger partial charge on any atom is -0.512 e. The molecule has 3 aliphatic rings. The van der Waals surface area contributed by atoms with Gasteiger partial charge in [-0.1, -0.05) is 43.3 Å². The lowest BCUT2D eigenvalue weighted by atomic mass is 9.77. The fraction of sp³-hybridized carbons (Fsp3) is 0.533. The zero-order valence-corrected chi connectivity index (χ0v) is 22.8. The molecule has 4 unspecified atom stereocenters. The van der Waals surface area contributed by atoms with Crippen LogP contribution in [-0.4, -0.2) is 48.9 Å². The molecule has 37 heavy (non-hydrogen) atoms. The van der Waals surface area contributed by atoms with Gasteiger partial charge < -0.3 is 9.84 Å². The first-order chi connectivity index (χ1) is 17.8. The highest BCUT2D eigenvalue weighted by molar-refractivity contribution is 7.89. The summed E-state index contributed by atoms with van der Waals surface area (Å²) in [5.41, 5.74) is 4.64. The molecule has 5 rings (SSSR count). The van der Waals surface area contributed by atoms with Crippen LogP contribution in [0.4, 0.5) is 0 Å². The molecule has 2 aromatic rings. The summed E-state index contributed by atoms with van der Waals surface area (Å²) < 4.78 is 34.1. The molecule has 6 nitrogen and oxygen atoms in total. The van der Waals surface area contributed by atoms with Gasteiger partial charge in [-0.25, -0.2) is 13.1 Å². The summed E-state index contributed by atoms with van der Waals surface area (Å²) in [5, 5.41) is 11.2. The third-order valence-electron chi connectivity index (χ3n) is 8.04. The highest BCUT2D eigenvalue weighted by Gasteiger charge is 2.45. The van der Waals surface area contributed by atoms with E-state index in [-0.39, 0.29) is 23.9 Å². The van der Waals surface area contributed by atoms with Gasteiger partial charge in [0, 0.05) is 30.1 Å². The van der Waals surface area contributed by atoms with Crippen LogP contribution in [0.5, 0.6) is 5.75 Å². The number of nitrogens with one attached hydrogen (secondary N) is 1. The van der Waals surface area contributed by atoms with E-state index in [2.05, 4.69) is 59.0 Å². The van der Waals surface area contributed by atoms with Crippen molar-refractivity contribution in [3.63, 3.8) is 0 Å². The molecule has 200 valence electrons. The standard InChI is InChI=1S/C30H40N2O4S/c1-3-17-37(34,35)31-23-18-28-30(29(33)19-23)26-20-24(14-15-25(26)27-13-8-16-32(27)28)36-21(2)9-7-12-22-10-5-4-6-11-22/h4-6,10-11,14-15,20-21,23,27-28,31,33H,3,7-9,12-13,16-19H2,1-2H3. The normalized spacial score (nSPS) is 24.3. The van der Waals surface area contributed by atoms with E-state index in [9.17, 15) is 13.5 Å². The van der Waals surface area contributed by atoms with Crippen molar-refractivity contribution in [3.8, 4) is 5.75 Å². The van der Waals surface area contributed by atoms with E-state index in [0.717, 1.165) is 55.5 Å². The maximum atomic E-state index is 12.5. The maximum Gasteiger partial charge on any atom is 0.211 e. The van der Waals surface area contributed by atoms with Gasteiger partial charge in [-0.05, 0) is 87.2 Å². The van der Waals surface area contributed by atoms with Gasteiger partial charge in [-0.2, -0.15) is 0 Å². The van der Waals surface area contributed by atoms with Crippen molar-refractivity contribution in [2.24, 2.45) is 0 Å². The first-order valence-corrected chi connectivity index (χ1v) is 15.5. The Labute approximate surface area is 221 Å². The van der Waals surface area contributed by atoms with E-state index in [1.54, 1.807) is 0 Å². The van der Waals surface area contributed by atoms with Gasteiger partial charge in [0.1, 0.15) is 5.75 Å². The lowest BCUT2D eigenvalue weighted by molar-refractivity contribution is 0.175. The molecular weight excluding hydrogens is 484 g/mol. The van der Waals surface area contributed by atoms with Crippen LogP contribution in [0.1, 0.15) is 81.5 Å². The van der Waals surface area contributed by atoms with Crippen LogP contribution in [0.25, 0.3) is 5.57 Å². The van der Waals surface area contributed by atoms with Gasteiger partial charge in [-0.15, -0.1) is 0 Å². The average molecular weight is 525 g/mol. The molecule has 2 N–H and O–H groups in total. The lowest BCUT2D eigenvalue weighted by Gasteiger charge is -2.45. The molecule has 2 aliphatic heterocycles. The number of aliphatic hydroxyl groups is 1. The first kappa shape index (κ1) is 26.3. The molecule has 1 fully saturated rings. The molecule has 4 atom stereocenters. The fourth-order valence-corrected chi connectivity index (χ4v) is 7.81. The summed E-state index contributed by atoms with van der Waals surface area (Å²) in [6.45, 7) is 4.96. The minimum atomic E-state index is -3.34. The number of rotatable bonds is 10. The topological polar surface area (TPSA) is 78.9 Å². The molecule has 0 saturated carbocycles. The van der Waals surface area contributed by atoms with E-state index < -0.39 is 10.0 Å². The molecule has 0 spiro atoms. The Bertz CT molecular complexity index is 1230. The molecule has 0 amide bonds. The predicted molar refractivity (Wildman–Crippen MR) is 148 cm³/mol. The van der Waals surface area contributed by atoms with Crippen molar-refractivity contribution in [2.45, 2.75) is 89.4 Å². The predicted octanol–water partition coefficient (Wildman–Crippen LogP) is 5.76. The number of aliphatic hydroxyl groups excluding tert-OH is 1. The largest absolute Gasteiger partial charge is 0.512 e. The van der Waals surface area contributed by atoms with Gasteiger partial charge in [0.15, 0.2) is 0 Å². The van der Waals surface area contributed by atoms with Crippen LogP contribution in [0.3, 0.4) is 0 Å². The van der Waals surface area contributed by atoms with E-state index >= 15 is 0 Å².